The van der Waals surface area contributed by atoms with Crippen molar-refractivity contribution in [2.45, 2.75) is 271 Å². The molecule has 0 aromatic rings. The molecule has 0 spiro atoms. The quantitative estimate of drug-likeness (QED) is 0.0346. The van der Waals surface area contributed by atoms with Gasteiger partial charge in [0.05, 0.1) is 6.61 Å². The second-order valence-corrected chi connectivity index (χ2v) is 17.8. The molecule has 0 saturated carbocycles. The minimum Gasteiger partial charge on any atom is -0.462 e. The summed E-state index contributed by atoms with van der Waals surface area (Å²) in [6.07, 6.45) is 66.6. The molecular formula is C57H102O5. The third kappa shape index (κ3) is 50.2. The molecule has 0 aromatic carbocycles. The van der Waals surface area contributed by atoms with Crippen molar-refractivity contribution in [2.24, 2.45) is 0 Å². The van der Waals surface area contributed by atoms with Crippen LogP contribution in [0.15, 0.2) is 60.8 Å². The molecule has 0 N–H and O–H groups in total. The molecule has 0 aliphatic carbocycles. The van der Waals surface area contributed by atoms with E-state index in [1.54, 1.807) is 0 Å². The lowest BCUT2D eigenvalue weighted by Gasteiger charge is -2.18. The third-order valence-electron chi connectivity index (χ3n) is 11.5. The van der Waals surface area contributed by atoms with Gasteiger partial charge in [0.1, 0.15) is 6.61 Å². The molecule has 62 heavy (non-hydrogen) atoms. The van der Waals surface area contributed by atoms with Crippen LogP contribution in [0.25, 0.3) is 0 Å². The van der Waals surface area contributed by atoms with Crippen molar-refractivity contribution in [2.75, 3.05) is 19.8 Å². The van der Waals surface area contributed by atoms with E-state index in [4.69, 9.17) is 14.2 Å². The van der Waals surface area contributed by atoms with Gasteiger partial charge in [0.25, 0.3) is 0 Å². The normalized spacial score (nSPS) is 12.6. The Morgan fingerprint density at radius 2 is 0.726 bits per heavy atom. The summed E-state index contributed by atoms with van der Waals surface area (Å²) in [6, 6.07) is 0. The molecule has 0 radical (unpaired) electrons. The lowest BCUT2D eigenvalue weighted by molar-refractivity contribution is -0.163. The van der Waals surface area contributed by atoms with E-state index in [0.29, 0.717) is 19.4 Å². The third-order valence-corrected chi connectivity index (χ3v) is 11.5. The highest BCUT2D eigenvalue weighted by Gasteiger charge is 2.17. The van der Waals surface area contributed by atoms with Crippen molar-refractivity contribution in [3.8, 4) is 0 Å². The Hall–Kier alpha value is -2.40. The largest absolute Gasteiger partial charge is 0.462 e. The number of carbonyl (C=O) groups excluding carboxylic acids is 2. The van der Waals surface area contributed by atoms with E-state index in [1.165, 1.54) is 154 Å². The van der Waals surface area contributed by atoms with Gasteiger partial charge in [0.2, 0.25) is 0 Å². The Morgan fingerprint density at radius 1 is 0.371 bits per heavy atom. The summed E-state index contributed by atoms with van der Waals surface area (Å²) in [5.41, 5.74) is 0. The van der Waals surface area contributed by atoms with Crippen LogP contribution in [-0.2, 0) is 23.8 Å². The highest BCUT2D eigenvalue weighted by atomic mass is 16.6. The molecule has 0 heterocycles. The van der Waals surface area contributed by atoms with Crippen LogP contribution in [0.4, 0.5) is 0 Å². The first kappa shape index (κ1) is 59.6. The molecule has 0 aromatic heterocycles. The maximum atomic E-state index is 12.8. The number of unbranched alkanes of at least 4 members (excludes halogenated alkanes) is 28. The van der Waals surface area contributed by atoms with Crippen molar-refractivity contribution in [3.05, 3.63) is 60.8 Å². The molecule has 1 unspecified atom stereocenters. The van der Waals surface area contributed by atoms with E-state index in [-0.39, 0.29) is 25.2 Å². The van der Waals surface area contributed by atoms with Crippen molar-refractivity contribution in [1.82, 2.24) is 0 Å². The average molecular weight is 867 g/mol. The maximum absolute atomic E-state index is 12.8. The fourth-order valence-corrected chi connectivity index (χ4v) is 7.56. The Bertz CT molecular complexity index is 1070. The van der Waals surface area contributed by atoms with Crippen LogP contribution in [0.5, 0.6) is 0 Å². The molecule has 0 amide bonds. The average Bonchev–Trinajstić information content (AvgIpc) is 3.27. The smallest absolute Gasteiger partial charge is 0.306 e. The van der Waals surface area contributed by atoms with Gasteiger partial charge in [-0.15, -0.1) is 0 Å². The maximum Gasteiger partial charge on any atom is 0.306 e. The van der Waals surface area contributed by atoms with Crippen LogP contribution in [0.1, 0.15) is 265 Å². The predicted molar refractivity (Wildman–Crippen MR) is 270 cm³/mol. The number of hydrogen-bond donors (Lipinski definition) is 0. The standard InChI is InChI=1S/C57H102O5/c1-4-7-10-13-16-19-22-25-27-28-29-30-31-33-35-38-41-44-47-50-56(58)61-54-55(53-60-52-49-46-43-40-37-34-26-23-20-17-14-11-8-5-2)62-57(59)51-48-45-42-39-36-32-24-21-18-15-12-9-6-3/h9,12,16,18-19,21,25,27,32,36,55H,4-8,10-11,13-15,17,20,22-24,26,28-31,33-35,37-54H2,1-3H3/b12-9-,19-16-,21-18-,27-25-,36-32-. The molecular weight excluding hydrogens is 765 g/mol. The highest BCUT2D eigenvalue weighted by molar-refractivity contribution is 5.70. The zero-order valence-electron chi connectivity index (χ0n) is 41.4. The van der Waals surface area contributed by atoms with Gasteiger partial charge in [-0.1, -0.05) is 229 Å². The number of carbonyl (C=O) groups is 2. The minimum atomic E-state index is -0.551. The van der Waals surface area contributed by atoms with Crippen LogP contribution in [0.2, 0.25) is 0 Å². The number of esters is 2. The molecule has 0 saturated heterocycles. The summed E-state index contributed by atoms with van der Waals surface area (Å²) >= 11 is 0. The molecule has 5 nitrogen and oxygen atoms in total. The first-order chi connectivity index (χ1) is 30.6. The van der Waals surface area contributed by atoms with Crippen molar-refractivity contribution in [3.63, 3.8) is 0 Å². The molecule has 0 bridgehead atoms. The Labute approximate surface area is 385 Å². The van der Waals surface area contributed by atoms with E-state index in [0.717, 1.165) is 77.0 Å². The molecule has 0 rings (SSSR count). The first-order valence-electron chi connectivity index (χ1n) is 26.8. The van der Waals surface area contributed by atoms with Crippen LogP contribution in [0.3, 0.4) is 0 Å². The SMILES string of the molecule is CC/C=C\C/C=C\C/C=C\CCCCCC(=O)OC(COCCCCCCCCCCCCCCCC)COC(=O)CCCCCCCCCCC/C=C\C/C=C\CCCCC. The number of hydrogen-bond acceptors (Lipinski definition) is 5. The second-order valence-electron chi connectivity index (χ2n) is 17.8. The van der Waals surface area contributed by atoms with E-state index in [1.807, 2.05) is 0 Å². The van der Waals surface area contributed by atoms with Gasteiger partial charge in [0.15, 0.2) is 6.10 Å². The monoisotopic (exact) mass is 867 g/mol. The van der Waals surface area contributed by atoms with Crippen LogP contribution in [-0.4, -0.2) is 37.9 Å². The van der Waals surface area contributed by atoms with Crippen LogP contribution in [0, 0.1) is 0 Å². The fraction of sp³-hybridized carbons (Fsp3) is 0.789. The van der Waals surface area contributed by atoms with Crippen molar-refractivity contribution >= 4 is 11.9 Å². The molecule has 0 aliphatic rings. The summed E-state index contributed by atoms with van der Waals surface area (Å²) in [4.78, 5) is 25.4. The zero-order valence-corrected chi connectivity index (χ0v) is 41.4. The van der Waals surface area contributed by atoms with Gasteiger partial charge in [-0.05, 0) is 83.5 Å². The van der Waals surface area contributed by atoms with E-state index >= 15 is 0 Å². The summed E-state index contributed by atoms with van der Waals surface area (Å²) in [5, 5.41) is 0. The topological polar surface area (TPSA) is 61.8 Å². The lowest BCUT2D eigenvalue weighted by atomic mass is 10.0. The summed E-state index contributed by atoms with van der Waals surface area (Å²) in [5.74, 6) is -0.427. The molecule has 0 fully saturated rings. The minimum absolute atomic E-state index is 0.0728. The summed E-state index contributed by atoms with van der Waals surface area (Å²) < 4.78 is 17.4. The van der Waals surface area contributed by atoms with Gasteiger partial charge in [0, 0.05) is 19.4 Å². The van der Waals surface area contributed by atoms with Gasteiger partial charge < -0.3 is 14.2 Å². The van der Waals surface area contributed by atoms with E-state index in [9.17, 15) is 9.59 Å². The summed E-state index contributed by atoms with van der Waals surface area (Å²) in [6.45, 7) is 7.69. The van der Waals surface area contributed by atoms with Gasteiger partial charge in [-0.3, -0.25) is 9.59 Å². The van der Waals surface area contributed by atoms with Gasteiger partial charge >= 0.3 is 11.9 Å². The van der Waals surface area contributed by atoms with Crippen LogP contribution < -0.4 is 0 Å². The van der Waals surface area contributed by atoms with Gasteiger partial charge in [-0.25, -0.2) is 0 Å². The van der Waals surface area contributed by atoms with Crippen molar-refractivity contribution in [1.29, 1.82) is 0 Å². The lowest BCUT2D eigenvalue weighted by Crippen LogP contribution is -2.30. The second kappa shape index (κ2) is 52.9. The number of allylic oxidation sites excluding steroid dienone is 10. The summed E-state index contributed by atoms with van der Waals surface area (Å²) in [7, 11) is 0. The first-order valence-corrected chi connectivity index (χ1v) is 26.8. The Kier molecular flexibility index (Phi) is 50.9. The van der Waals surface area contributed by atoms with Gasteiger partial charge in [-0.2, -0.15) is 0 Å². The molecule has 360 valence electrons. The zero-order chi connectivity index (χ0) is 44.9. The number of ether oxygens (including phenoxy) is 3. The Balaban J connectivity index is 4.25. The van der Waals surface area contributed by atoms with Crippen molar-refractivity contribution < 1.29 is 23.8 Å². The van der Waals surface area contributed by atoms with Crippen LogP contribution >= 0.6 is 0 Å². The molecule has 0 aliphatic heterocycles. The molecule has 5 heteroatoms. The van der Waals surface area contributed by atoms with E-state index < -0.39 is 6.10 Å². The fourth-order valence-electron chi connectivity index (χ4n) is 7.56. The molecule has 1 atom stereocenters. The predicted octanol–water partition coefficient (Wildman–Crippen LogP) is 18.1. The van der Waals surface area contributed by atoms with E-state index in [2.05, 4.69) is 81.5 Å². The highest BCUT2D eigenvalue weighted by Crippen LogP contribution is 2.15. The Morgan fingerprint density at radius 3 is 1.21 bits per heavy atom. The number of rotatable bonds is 49.